The molecule has 0 saturated carbocycles. The van der Waals surface area contributed by atoms with Crippen molar-refractivity contribution in [2.24, 2.45) is 0 Å². The molecule has 3 aromatic carbocycles. The van der Waals surface area contributed by atoms with Crippen LogP contribution in [0, 0.1) is 0 Å². The monoisotopic (exact) mass is 595 g/mol. The fraction of sp³-hybridized carbons (Fsp3) is 0.259. The van der Waals surface area contributed by atoms with E-state index < -0.39 is 28.5 Å². The summed E-state index contributed by atoms with van der Waals surface area (Å²) in [6.45, 7) is 4.72. The number of hydrogen-bond acceptors (Lipinski definition) is 4. The van der Waals surface area contributed by atoms with Crippen molar-refractivity contribution in [1.29, 1.82) is 0 Å². The molecule has 0 aliphatic heterocycles. The highest BCUT2D eigenvalue weighted by Crippen LogP contribution is 2.27. The van der Waals surface area contributed by atoms with Crippen LogP contribution < -0.4 is 9.62 Å². The summed E-state index contributed by atoms with van der Waals surface area (Å²) in [5.41, 5.74) is 0.924. The van der Waals surface area contributed by atoms with E-state index in [1.165, 1.54) is 35.2 Å². The number of nitrogens with zero attached hydrogens (tertiary/aromatic N) is 2. The van der Waals surface area contributed by atoms with Crippen LogP contribution in [0.5, 0.6) is 0 Å². The van der Waals surface area contributed by atoms with Gasteiger partial charge in [-0.3, -0.25) is 13.9 Å². The molecule has 3 aromatic rings. The van der Waals surface area contributed by atoms with Crippen LogP contribution in [0.15, 0.2) is 77.7 Å². The molecular formula is C27H28Cl3N3O4S. The standard InChI is InChI=1S/C27H28Cl3N3O4S/c1-18(2)31-27(35)19(3)32(16-20-7-9-21(28)10-8-20)26(34)17-33(24-6-4-5-23(30)15-24)38(36,37)25-13-11-22(29)12-14-25/h4-15,18-19H,16-17H2,1-3H3,(H,31,35). The van der Waals surface area contributed by atoms with Gasteiger partial charge in [0.25, 0.3) is 10.0 Å². The maximum Gasteiger partial charge on any atom is 0.264 e. The Balaban J connectivity index is 2.03. The molecule has 0 aliphatic rings. The summed E-state index contributed by atoms with van der Waals surface area (Å²) in [4.78, 5) is 28.0. The summed E-state index contributed by atoms with van der Waals surface area (Å²) >= 11 is 18.1. The van der Waals surface area contributed by atoms with Crippen LogP contribution in [0.4, 0.5) is 5.69 Å². The first-order valence-electron chi connectivity index (χ1n) is 11.8. The van der Waals surface area contributed by atoms with Gasteiger partial charge in [0.15, 0.2) is 0 Å². The van der Waals surface area contributed by atoms with Crippen LogP contribution in [0.3, 0.4) is 0 Å². The molecule has 7 nitrogen and oxygen atoms in total. The molecular weight excluding hydrogens is 569 g/mol. The molecule has 0 aliphatic carbocycles. The van der Waals surface area contributed by atoms with Gasteiger partial charge in [-0.1, -0.05) is 53.0 Å². The minimum Gasteiger partial charge on any atom is -0.352 e. The fourth-order valence-corrected chi connectivity index (χ4v) is 5.51. The molecule has 1 unspecified atom stereocenters. The van der Waals surface area contributed by atoms with Crippen molar-refractivity contribution in [1.82, 2.24) is 10.2 Å². The second-order valence-electron chi connectivity index (χ2n) is 8.93. The van der Waals surface area contributed by atoms with E-state index in [9.17, 15) is 18.0 Å². The number of benzene rings is 3. The second-order valence-corrected chi connectivity index (χ2v) is 12.1. The minimum atomic E-state index is -4.21. The maximum absolute atomic E-state index is 13.8. The van der Waals surface area contributed by atoms with Gasteiger partial charge in [-0.15, -0.1) is 0 Å². The molecule has 0 aromatic heterocycles. The first-order valence-corrected chi connectivity index (χ1v) is 14.3. The lowest BCUT2D eigenvalue weighted by Crippen LogP contribution is -2.52. The first-order chi connectivity index (χ1) is 17.9. The third kappa shape index (κ3) is 7.63. The van der Waals surface area contributed by atoms with Gasteiger partial charge in [0.1, 0.15) is 12.6 Å². The number of rotatable bonds is 10. The quantitative estimate of drug-likeness (QED) is 0.321. The SMILES string of the molecule is CC(C)NC(=O)C(C)N(Cc1ccc(Cl)cc1)C(=O)CN(c1cccc(Cl)c1)S(=O)(=O)c1ccc(Cl)cc1. The van der Waals surface area contributed by atoms with Crippen molar-refractivity contribution in [3.8, 4) is 0 Å². The molecule has 0 heterocycles. The second kappa shape index (κ2) is 12.8. The number of amides is 2. The smallest absolute Gasteiger partial charge is 0.264 e. The van der Waals surface area contributed by atoms with Crippen LogP contribution in [0.2, 0.25) is 15.1 Å². The highest BCUT2D eigenvalue weighted by molar-refractivity contribution is 7.92. The van der Waals surface area contributed by atoms with Crippen LogP contribution in [0.1, 0.15) is 26.3 Å². The van der Waals surface area contributed by atoms with E-state index in [4.69, 9.17) is 34.8 Å². The van der Waals surface area contributed by atoms with Gasteiger partial charge in [-0.05, 0) is 80.9 Å². The maximum atomic E-state index is 13.8. The number of carbonyl (C=O) groups excluding carboxylic acids is 2. The number of hydrogen-bond donors (Lipinski definition) is 1. The molecule has 1 atom stereocenters. The van der Waals surface area contributed by atoms with Crippen LogP contribution in [-0.2, 0) is 26.2 Å². The molecule has 38 heavy (non-hydrogen) atoms. The number of carbonyl (C=O) groups is 2. The van der Waals surface area contributed by atoms with Crippen molar-refractivity contribution in [3.63, 3.8) is 0 Å². The summed E-state index contributed by atoms with van der Waals surface area (Å²) in [5, 5.41) is 4.01. The molecule has 0 radical (unpaired) electrons. The van der Waals surface area contributed by atoms with Crippen LogP contribution in [0.25, 0.3) is 0 Å². The van der Waals surface area contributed by atoms with Crippen LogP contribution in [-0.4, -0.2) is 43.8 Å². The van der Waals surface area contributed by atoms with Gasteiger partial charge in [0, 0.05) is 27.7 Å². The van der Waals surface area contributed by atoms with Gasteiger partial charge in [-0.2, -0.15) is 0 Å². The predicted molar refractivity (Wildman–Crippen MR) is 152 cm³/mol. The van der Waals surface area contributed by atoms with Crippen LogP contribution >= 0.6 is 34.8 Å². The molecule has 0 bridgehead atoms. The summed E-state index contributed by atoms with van der Waals surface area (Å²) in [6, 6.07) is 17.7. The number of anilines is 1. The van der Waals surface area contributed by atoms with E-state index in [0.29, 0.717) is 15.1 Å². The first kappa shape index (κ1) is 29.8. The highest BCUT2D eigenvalue weighted by atomic mass is 35.5. The fourth-order valence-electron chi connectivity index (χ4n) is 3.67. The largest absolute Gasteiger partial charge is 0.352 e. The van der Waals surface area contributed by atoms with Crippen molar-refractivity contribution in [2.75, 3.05) is 10.8 Å². The van der Waals surface area contributed by atoms with E-state index in [1.54, 1.807) is 49.4 Å². The molecule has 202 valence electrons. The number of nitrogens with one attached hydrogen (secondary N) is 1. The summed E-state index contributed by atoms with van der Waals surface area (Å²) in [6.07, 6.45) is 0. The van der Waals surface area contributed by atoms with Gasteiger partial charge >= 0.3 is 0 Å². The molecule has 1 N–H and O–H groups in total. The molecule has 11 heteroatoms. The lowest BCUT2D eigenvalue weighted by Gasteiger charge is -2.32. The minimum absolute atomic E-state index is 0.0514. The lowest BCUT2D eigenvalue weighted by molar-refractivity contribution is -0.139. The summed E-state index contributed by atoms with van der Waals surface area (Å²) in [7, 11) is -4.21. The molecule has 0 spiro atoms. The topological polar surface area (TPSA) is 86.8 Å². The molecule has 0 saturated heterocycles. The van der Waals surface area contributed by atoms with E-state index >= 15 is 0 Å². The number of sulfonamides is 1. The Morgan fingerprint density at radius 2 is 1.42 bits per heavy atom. The summed E-state index contributed by atoms with van der Waals surface area (Å²) < 4.78 is 28.4. The van der Waals surface area contributed by atoms with Gasteiger partial charge < -0.3 is 10.2 Å². The lowest BCUT2D eigenvalue weighted by atomic mass is 10.1. The average Bonchev–Trinajstić information content (AvgIpc) is 2.86. The third-order valence-corrected chi connectivity index (χ3v) is 8.17. The van der Waals surface area contributed by atoms with Crippen molar-refractivity contribution in [2.45, 2.75) is 44.3 Å². The van der Waals surface area contributed by atoms with Gasteiger partial charge in [0.05, 0.1) is 10.6 Å². The average molecular weight is 597 g/mol. The molecule has 0 fully saturated rings. The van der Waals surface area contributed by atoms with Gasteiger partial charge in [0.2, 0.25) is 11.8 Å². The number of halogens is 3. The summed E-state index contributed by atoms with van der Waals surface area (Å²) in [5.74, 6) is -0.943. The Labute approximate surface area is 238 Å². The molecule has 3 rings (SSSR count). The van der Waals surface area contributed by atoms with Gasteiger partial charge in [-0.25, -0.2) is 8.42 Å². The zero-order chi connectivity index (χ0) is 28.0. The van der Waals surface area contributed by atoms with E-state index in [1.807, 2.05) is 13.8 Å². The predicted octanol–water partition coefficient (Wildman–Crippen LogP) is 5.78. The Kier molecular flexibility index (Phi) is 10.1. The zero-order valence-electron chi connectivity index (χ0n) is 21.1. The van der Waals surface area contributed by atoms with E-state index in [0.717, 1.165) is 9.87 Å². The Bertz CT molecular complexity index is 1380. The Hall–Kier alpha value is -2.78. The van der Waals surface area contributed by atoms with Crippen molar-refractivity contribution >= 4 is 62.3 Å². The Morgan fingerprint density at radius 3 is 1.97 bits per heavy atom. The third-order valence-electron chi connectivity index (χ3n) is 5.64. The zero-order valence-corrected chi connectivity index (χ0v) is 24.2. The van der Waals surface area contributed by atoms with E-state index in [2.05, 4.69) is 5.32 Å². The normalized spacial score (nSPS) is 12.2. The van der Waals surface area contributed by atoms with E-state index in [-0.39, 0.29) is 29.1 Å². The molecule has 2 amide bonds. The Morgan fingerprint density at radius 1 is 0.842 bits per heavy atom. The highest BCUT2D eigenvalue weighted by Gasteiger charge is 2.32. The van der Waals surface area contributed by atoms with Crippen molar-refractivity contribution < 1.29 is 18.0 Å². The van der Waals surface area contributed by atoms with Crippen molar-refractivity contribution in [3.05, 3.63) is 93.4 Å².